The van der Waals surface area contributed by atoms with Gasteiger partial charge in [0.25, 0.3) is 0 Å². The normalized spacial score (nSPS) is 23.0. The molecule has 1 aromatic carbocycles. The number of hydrogen-bond donors (Lipinski definition) is 1. The number of aliphatic hydroxyl groups is 1. The van der Waals surface area contributed by atoms with Gasteiger partial charge in [0, 0.05) is 24.8 Å². The van der Waals surface area contributed by atoms with Gasteiger partial charge in [0.05, 0.1) is 6.10 Å². The van der Waals surface area contributed by atoms with Crippen LogP contribution in [-0.2, 0) is 0 Å². The van der Waals surface area contributed by atoms with Crippen LogP contribution in [0.25, 0.3) is 0 Å². The van der Waals surface area contributed by atoms with Gasteiger partial charge in [-0.1, -0.05) is 0 Å². The molecule has 1 aliphatic carbocycles. The lowest BCUT2D eigenvalue weighted by molar-refractivity contribution is 0.0465. The second-order valence-electron chi connectivity index (χ2n) is 5.03. The van der Waals surface area contributed by atoms with Gasteiger partial charge in [-0.05, 0) is 49.4 Å². The molecule has 1 N–H and O–H groups in total. The van der Waals surface area contributed by atoms with Crippen LogP contribution in [-0.4, -0.2) is 31.1 Å². The van der Waals surface area contributed by atoms with E-state index >= 15 is 0 Å². The van der Waals surface area contributed by atoms with E-state index in [1.807, 2.05) is 25.1 Å². The zero-order valence-electron chi connectivity index (χ0n) is 10.4. The minimum atomic E-state index is -0.0902. The fourth-order valence-corrected chi connectivity index (χ4v) is 2.37. The van der Waals surface area contributed by atoms with Crippen molar-refractivity contribution in [3.63, 3.8) is 0 Å². The number of anilines is 1. The third-order valence-electron chi connectivity index (χ3n) is 3.56. The summed E-state index contributed by atoms with van der Waals surface area (Å²) in [5, 5.41) is 9.26. The van der Waals surface area contributed by atoms with Crippen LogP contribution in [0, 0.1) is 12.8 Å². The summed E-state index contributed by atoms with van der Waals surface area (Å²) >= 11 is 0. The van der Waals surface area contributed by atoms with Crippen molar-refractivity contribution in [3.05, 3.63) is 29.3 Å². The van der Waals surface area contributed by atoms with Crippen molar-refractivity contribution in [1.29, 1.82) is 0 Å². The van der Waals surface area contributed by atoms with Gasteiger partial charge in [0.2, 0.25) is 0 Å². The van der Waals surface area contributed by atoms with Crippen LogP contribution in [0.5, 0.6) is 0 Å². The van der Waals surface area contributed by atoms with E-state index in [9.17, 15) is 9.90 Å². The lowest BCUT2D eigenvalue weighted by atomic mass is 9.82. The Bertz CT molecular complexity index is 411. The monoisotopic (exact) mass is 233 g/mol. The molecule has 0 aromatic heterocycles. The molecule has 1 saturated carbocycles. The number of carbonyl (C=O) groups is 1. The fraction of sp³-hybridized carbons (Fsp3) is 0.500. The summed E-state index contributed by atoms with van der Waals surface area (Å²) in [7, 11) is 2.06. The minimum absolute atomic E-state index is 0.0902. The highest BCUT2D eigenvalue weighted by atomic mass is 16.3. The first kappa shape index (κ1) is 12.1. The second kappa shape index (κ2) is 4.88. The maximum Gasteiger partial charge on any atom is 0.150 e. The molecule has 92 valence electrons. The summed E-state index contributed by atoms with van der Waals surface area (Å²) < 4.78 is 0. The Morgan fingerprint density at radius 2 is 2.18 bits per heavy atom. The van der Waals surface area contributed by atoms with Crippen LogP contribution >= 0.6 is 0 Å². The molecule has 0 spiro atoms. The topological polar surface area (TPSA) is 40.5 Å². The van der Waals surface area contributed by atoms with Crippen LogP contribution in [0.3, 0.4) is 0 Å². The largest absolute Gasteiger partial charge is 0.393 e. The van der Waals surface area contributed by atoms with Gasteiger partial charge in [-0.25, -0.2) is 0 Å². The van der Waals surface area contributed by atoms with Crippen LogP contribution in [0.15, 0.2) is 18.2 Å². The van der Waals surface area contributed by atoms with E-state index in [1.165, 1.54) is 0 Å². The zero-order valence-corrected chi connectivity index (χ0v) is 10.4. The van der Waals surface area contributed by atoms with Gasteiger partial charge in [-0.15, -0.1) is 0 Å². The number of aliphatic hydroxyl groups excluding tert-OH is 1. The summed E-state index contributed by atoms with van der Waals surface area (Å²) in [4.78, 5) is 12.9. The molecule has 1 aromatic rings. The smallest absolute Gasteiger partial charge is 0.150 e. The molecule has 3 heteroatoms. The predicted molar refractivity (Wildman–Crippen MR) is 68.6 cm³/mol. The van der Waals surface area contributed by atoms with E-state index in [1.54, 1.807) is 0 Å². The van der Waals surface area contributed by atoms with E-state index in [4.69, 9.17) is 0 Å². The molecule has 0 amide bonds. The number of rotatable bonds is 4. The lowest BCUT2D eigenvalue weighted by Crippen LogP contribution is -2.37. The van der Waals surface area contributed by atoms with E-state index < -0.39 is 0 Å². The SMILES string of the molecule is Cc1cc(N(C)CC2CC(O)C2)ccc1C=O. The van der Waals surface area contributed by atoms with Crippen molar-refractivity contribution in [2.24, 2.45) is 5.92 Å². The summed E-state index contributed by atoms with van der Waals surface area (Å²) in [5.74, 6) is 0.598. The molecule has 0 radical (unpaired) electrons. The highest BCUT2D eigenvalue weighted by Crippen LogP contribution is 2.29. The molecular formula is C14H19NO2. The minimum Gasteiger partial charge on any atom is -0.393 e. The van der Waals surface area contributed by atoms with Crippen molar-refractivity contribution in [1.82, 2.24) is 0 Å². The quantitative estimate of drug-likeness (QED) is 0.809. The molecule has 0 saturated heterocycles. The Balaban J connectivity index is 2.01. The molecule has 0 atom stereocenters. The number of aryl methyl sites for hydroxylation is 1. The number of aldehydes is 1. The summed E-state index contributed by atoms with van der Waals surface area (Å²) in [5.41, 5.74) is 2.90. The molecule has 0 bridgehead atoms. The summed E-state index contributed by atoms with van der Waals surface area (Å²) in [6, 6.07) is 5.88. The molecule has 1 aliphatic rings. The maximum absolute atomic E-state index is 10.7. The molecule has 3 nitrogen and oxygen atoms in total. The Labute approximate surface area is 102 Å². The van der Waals surface area contributed by atoms with Crippen molar-refractivity contribution < 1.29 is 9.90 Å². The van der Waals surface area contributed by atoms with Gasteiger partial charge in [-0.2, -0.15) is 0 Å². The summed E-state index contributed by atoms with van der Waals surface area (Å²) in [6.45, 7) is 2.92. The number of nitrogens with zero attached hydrogens (tertiary/aromatic N) is 1. The van der Waals surface area contributed by atoms with Crippen molar-refractivity contribution in [3.8, 4) is 0 Å². The second-order valence-corrected chi connectivity index (χ2v) is 5.03. The number of benzene rings is 1. The molecular weight excluding hydrogens is 214 g/mol. The average Bonchev–Trinajstić information content (AvgIpc) is 2.26. The van der Waals surface area contributed by atoms with Crippen LogP contribution in [0.2, 0.25) is 0 Å². The fourth-order valence-electron chi connectivity index (χ4n) is 2.37. The highest BCUT2D eigenvalue weighted by Gasteiger charge is 2.27. The molecule has 17 heavy (non-hydrogen) atoms. The Kier molecular flexibility index (Phi) is 3.48. The van der Waals surface area contributed by atoms with Crippen LogP contribution < -0.4 is 4.90 Å². The Morgan fingerprint density at radius 3 is 2.71 bits per heavy atom. The third kappa shape index (κ3) is 2.67. The Hall–Kier alpha value is -1.35. The van der Waals surface area contributed by atoms with E-state index in [2.05, 4.69) is 11.9 Å². The predicted octanol–water partition coefficient (Wildman–Crippen LogP) is 2.01. The first-order valence-corrected chi connectivity index (χ1v) is 6.05. The van der Waals surface area contributed by atoms with E-state index in [-0.39, 0.29) is 6.10 Å². The first-order valence-electron chi connectivity index (χ1n) is 6.05. The van der Waals surface area contributed by atoms with Gasteiger partial charge in [0.1, 0.15) is 6.29 Å². The molecule has 0 unspecified atom stereocenters. The van der Waals surface area contributed by atoms with Gasteiger partial charge < -0.3 is 10.0 Å². The zero-order chi connectivity index (χ0) is 12.4. The van der Waals surface area contributed by atoms with Crippen molar-refractivity contribution in [2.75, 3.05) is 18.5 Å². The van der Waals surface area contributed by atoms with E-state index in [0.717, 1.165) is 42.5 Å². The molecule has 2 rings (SSSR count). The molecule has 1 fully saturated rings. The maximum atomic E-state index is 10.7. The standard InChI is InChI=1S/C14H19NO2/c1-10-5-13(4-3-12(10)9-16)15(2)8-11-6-14(17)7-11/h3-5,9,11,14,17H,6-8H2,1-2H3. The lowest BCUT2D eigenvalue weighted by Gasteiger charge is -2.35. The van der Waals surface area contributed by atoms with Gasteiger partial charge in [-0.3, -0.25) is 4.79 Å². The van der Waals surface area contributed by atoms with Crippen LogP contribution in [0.4, 0.5) is 5.69 Å². The molecule has 0 heterocycles. The average molecular weight is 233 g/mol. The van der Waals surface area contributed by atoms with Gasteiger partial charge >= 0.3 is 0 Å². The van der Waals surface area contributed by atoms with Gasteiger partial charge in [0.15, 0.2) is 0 Å². The van der Waals surface area contributed by atoms with E-state index in [0.29, 0.717) is 5.92 Å². The van der Waals surface area contributed by atoms with Crippen molar-refractivity contribution >= 4 is 12.0 Å². The van der Waals surface area contributed by atoms with Crippen LogP contribution in [0.1, 0.15) is 28.8 Å². The first-order chi connectivity index (χ1) is 8.10. The highest BCUT2D eigenvalue weighted by molar-refractivity contribution is 5.78. The third-order valence-corrected chi connectivity index (χ3v) is 3.56. The summed E-state index contributed by atoms with van der Waals surface area (Å²) in [6.07, 6.45) is 2.62. The molecule has 0 aliphatic heterocycles. The Morgan fingerprint density at radius 1 is 1.47 bits per heavy atom. The number of hydrogen-bond acceptors (Lipinski definition) is 3. The number of carbonyl (C=O) groups excluding carboxylic acids is 1. The van der Waals surface area contributed by atoms with Crippen molar-refractivity contribution in [2.45, 2.75) is 25.9 Å².